The summed E-state index contributed by atoms with van der Waals surface area (Å²) in [4.78, 5) is 113. The molecule has 318 valence electrons. The van der Waals surface area contributed by atoms with Crippen LogP contribution < -0.4 is 32.8 Å². The molecule has 2 aromatic rings. The second kappa shape index (κ2) is 35.0. The number of isocyanates is 4. The molecule has 0 saturated heterocycles. The molecule has 3 amide bonds. The fourth-order valence-electron chi connectivity index (χ4n) is 4.75. The molecule has 0 atom stereocenters. The van der Waals surface area contributed by atoms with Gasteiger partial charge in [0.15, 0.2) is 0 Å². The molecule has 22 heteroatoms. The summed E-state index contributed by atoms with van der Waals surface area (Å²) in [5, 5.41) is 16.3. The Labute approximate surface area is 334 Å². The van der Waals surface area contributed by atoms with Crippen molar-refractivity contribution in [2.24, 2.45) is 20.0 Å². The van der Waals surface area contributed by atoms with E-state index in [0.29, 0.717) is 81.0 Å². The van der Waals surface area contributed by atoms with Gasteiger partial charge in [-0.3, -0.25) is 24.9 Å². The Bertz CT molecular complexity index is 1800. The Morgan fingerprint density at radius 1 is 0.672 bits per heavy atom. The molecule has 0 spiro atoms. The van der Waals surface area contributed by atoms with E-state index < -0.39 is 17.7 Å². The number of H-pyrrole nitrogens is 2. The van der Waals surface area contributed by atoms with Gasteiger partial charge < -0.3 is 26.2 Å². The zero-order valence-electron chi connectivity index (χ0n) is 33.0. The van der Waals surface area contributed by atoms with Crippen molar-refractivity contribution in [3.63, 3.8) is 0 Å². The molecule has 2 aromatic heterocycles. The molecule has 2 heterocycles. The number of aliphatic imine (C=N–C) groups is 4. The van der Waals surface area contributed by atoms with Crippen LogP contribution in [0.1, 0.15) is 86.7 Å². The Hall–Kier alpha value is -6.42. The van der Waals surface area contributed by atoms with Crippen LogP contribution in [-0.4, -0.2) is 114 Å². The highest BCUT2D eigenvalue weighted by Gasteiger charge is 2.12. The van der Waals surface area contributed by atoms with Gasteiger partial charge >= 0.3 is 12.1 Å². The zero-order valence-corrected chi connectivity index (χ0v) is 33.0. The van der Waals surface area contributed by atoms with Gasteiger partial charge in [-0.2, -0.15) is 0 Å². The number of nitrogens with zero attached hydrogens (tertiary/aromatic N) is 6. The van der Waals surface area contributed by atoms with Gasteiger partial charge in [0.25, 0.3) is 11.1 Å². The van der Waals surface area contributed by atoms with Crippen LogP contribution >= 0.6 is 0 Å². The molecule has 0 unspecified atom stereocenters. The average Bonchev–Trinajstić information content (AvgIpc) is 3.18. The number of urea groups is 1. The largest absolute Gasteiger partial charge is 0.449 e. The van der Waals surface area contributed by atoms with Crippen molar-refractivity contribution >= 4 is 48.3 Å². The number of carbonyl (C=O) groups is 2. The Morgan fingerprint density at radius 2 is 1.12 bits per heavy atom. The summed E-state index contributed by atoms with van der Waals surface area (Å²) < 4.78 is 5.09. The van der Waals surface area contributed by atoms with Crippen LogP contribution in [0.15, 0.2) is 29.6 Å². The van der Waals surface area contributed by atoms with Gasteiger partial charge in [0.05, 0.1) is 44.2 Å². The van der Waals surface area contributed by atoms with Gasteiger partial charge in [0, 0.05) is 43.7 Å². The van der Waals surface area contributed by atoms with Crippen LogP contribution in [0.3, 0.4) is 0 Å². The first-order valence-corrected chi connectivity index (χ1v) is 18.7. The van der Waals surface area contributed by atoms with Crippen molar-refractivity contribution in [2.45, 2.75) is 90.9 Å². The molecule has 0 saturated carbocycles. The van der Waals surface area contributed by atoms with E-state index in [-0.39, 0.29) is 37.1 Å². The molecular weight excluding hydrogens is 760 g/mol. The lowest BCUT2D eigenvalue weighted by molar-refractivity contribution is 0.147. The third-order valence-electron chi connectivity index (χ3n) is 7.64. The summed E-state index contributed by atoms with van der Waals surface area (Å²) in [6, 6.07) is -0.524. The standard InChI is InChI=1S/C21H31N7O6.C8H12N2O2.C7H11N3O2/c1-16-17(8-13-34-21(33)25-12-5-3-2-4-9-22-14-29)18(31)27-19(26-16)28-20(32)24-11-7-6-10-23-15-30;11-7-9-5-3-1-2-4-6-10-8-12;1-4-5(2-3-11)6(12)10-7(8)9-4/h2-13H2,1H3,(H,25,33)(H3,24,26,27,28,31,32);1-6H2;11H,2-3H2,1H3,(H3,8,9,10,12). The second-order valence-electron chi connectivity index (χ2n) is 12.1. The molecule has 8 N–H and O–H groups in total. The number of hydrogen-bond donors (Lipinski definition) is 7. The van der Waals surface area contributed by atoms with Gasteiger partial charge in [-0.05, 0) is 52.4 Å². The number of aromatic nitrogens is 4. The van der Waals surface area contributed by atoms with Gasteiger partial charge in [0.1, 0.15) is 0 Å². The van der Waals surface area contributed by atoms with E-state index in [0.717, 1.165) is 51.4 Å². The highest BCUT2D eigenvalue weighted by Crippen LogP contribution is 2.05. The Morgan fingerprint density at radius 3 is 1.62 bits per heavy atom. The SMILES string of the molecule is Cc1nc(N)[nH]c(=O)c1CCO.Cc1nc(NC(=O)NCCCCN=C=O)[nH]c(=O)c1CCOC(=O)NCCCCCCN=C=O.O=C=NCCCCCCN=C=O. The number of hydrogen-bond acceptors (Lipinski definition) is 17. The van der Waals surface area contributed by atoms with E-state index in [9.17, 15) is 38.4 Å². The van der Waals surface area contributed by atoms with Crippen LogP contribution in [0.2, 0.25) is 0 Å². The fourth-order valence-corrected chi connectivity index (χ4v) is 4.75. The van der Waals surface area contributed by atoms with Gasteiger partial charge in [0.2, 0.25) is 36.2 Å². The summed E-state index contributed by atoms with van der Waals surface area (Å²) in [7, 11) is 0. The zero-order chi connectivity index (χ0) is 43.2. The predicted octanol–water partition coefficient (Wildman–Crippen LogP) is 1.89. The molecule has 0 aliphatic rings. The van der Waals surface area contributed by atoms with Crippen LogP contribution in [0.5, 0.6) is 0 Å². The highest BCUT2D eigenvalue weighted by atomic mass is 16.5. The first kappa shape index (κ1) is 51.6. The quantitative estimate of drug-likeness (QED) is 0.0428. The minimum Gasteiger partial charge on any atom is -0.449 e. The van der Waals surface area contributed by atoms with E-state index in [2.05, 4.69) is 55.9 Å². The number of ether oxygens (including phenoxy) is 1. The molecule has 58 heavy (non-hydrogen) atoms. The number of aliphatic hydroxyl groups excluding tert-OH is 1. The van der Waals surface area contributed by atoms with E-state index in [4.69, 9.17) is 15.6 Å². The molecule has 0 aromatic carbocycles. The number of alkyl carbamates (subject to hydrolysis) is 1. The summed E-state index contributed by atoms with van der Waals surface area (Å²) in [6.07, 6.45) is 14.3. The molecular formula is C36H54N12O10. The lowest BCUT2D eigenvalue weighted by Crippen LogP contribution is -2.32. The maximum Gasteiger partial charge on any atom is 0.407 e. The number of amides is 3. The number of aryl methyl sites for hydroxylation is 2. The predicted molar refractivity (Wildman–Crippen MR) is 213 cm³/mol. The first-order chi connectivity index (χ1) is 28.0. The third-order valence-corrected chi connectivity index (χ3v) is 7.64. The van der Waals surface area contributed by atoms with Crippen LogP contribution in [0.25, 0.3) is 0 Å². The monoisotopic (exact) mass is 814 g/mol. The number of anilines is 2. The fraction of sp³-hybridized carbons (Fsp3) is 0.611. The van der Waals surface area contributed by atoms with E-state index in [1.807, 2.05) is 0 Å². The van der Waals surface area contributed by atoms with E-state index >= 15 is 0 Å². The lowest BCUT2D eigenvalue weighted by Gasteiger charge is -2.10. The molecule has 0 aliphatic carbocycles. The van der Waals surface area contributed by atoms with Crippen LogP contribution in [-0.2, 0) is 36.8 Å². The maximum absolute atomic E-state index is 12.3. The summed E-state index contributed by atoms with van der Waals surface area (Å²) in [5.41, 5.74) is 6.42. The smallest absolute Gasteiger partial charge is 0.407 e. The molecule has 0 bridgehead atoms. The normalized spacial score (nSPS) is 9.64. The minimum absolute atomic E-state index is 0.00252. The number of rotatable bonds is 25. The van der Waals surface area contributed by atoms with Crippen LogP contribution in [0, 0.1) is 13.8 Å². The van der Waals surface area contributed by atoms with Crippen molar-refractivity contribution in [1.29, 1.82) is 0 Å². The summed E-state index contributed by atoms with van der Waals surface area (Å²) >= 11 is 0. The summed E-state index contributed by atoms with van der Waals surface area (Å²) in [5.74, 6) is 0.116. The minimum atomic E-state index is -0.569. The third kappa shape index (κ3) is 27.2. The Balaban J connectivity index is 0.00000109. The van der Waals surface area contributed by atoms with Crippen molar-refractivity contribution in [2.75, 3.05) is 63.5 Å². The van der Waals surface area contributed by atoms with E-state index in [1.54, 1.807) is 13.8 Å². The number of nitrogens with two attached hydrogens (primary N) is 1. The van der Waals surface area contributed by atoms with Crippen molar-refractivity contribution in [3.05, 3.63) is 43.2 Å². The molecule has 0 aliphatic heterocycles. The number of unbranched alkanes of at least 4 members (excludes halogenated alkanes) is 7. The summed E-state index contributed by atoms with van der Waals surface area (Å²) in [6.45, 7) is 6.03. The highest BCUT2D eigenvalue weighted by molar-refractivity contribution is 5.87. The van der Waals surface area contributed by atoms with Crippen LogP contribution in [0.4, 0.5) is 21.5 Å². The average molecular weight is 815 g/mol. The molecule has 0 fully saturated rings. The van der Waals surface area contributed by atoms with Crippen molar-refractivity contribution in [3.8, 4) is 0 Å². The first-order valence-electron chi connectivity index (χ1n) is 18.7. The Kier molecular flexibility index (Phi) is 31.1. The van der Waals surface area contributed by atoms with Gasteiger partial charge in [-0.1, -0.05) is 25.7 Å². The number of nitrogens with one attached hydrogen (secondary N) is 5. The van der Waals surface area contributed by atoms with E-state index in [1.165, 1.54) is 24.3 Å². The molecule has 2 rings (SSSR count). The molecule has 22 nitrogen and oxygen atoms in total. The molecule has 0 radical (unpaired) electrons. The van der Waals surface area contributed by atoms with Crippen molar-refractivity contribution in [1.82, 2.24) is 30.6 Å². The maximum atomic E-state index is 12.3. The number of carbonyl (C=O) groups excluding carboxylic acids is 6. The topological polar surface area (TPSA) is 335 Å². The number of nitrogen functional groups attached to an aromatic ring is 1. The number of aromatic amines is 2. The van der Waals surface area contributed by atoms with Crippen molar-refractivity contribution < 1.29 is 38.6 Å². The lowest BCUT2D eigenvalue weighted by atomic mass is 10.2. The number of aliphatic hydroxyl groups is 1. The second-order valence-corrected chi connectivity index (χ2v) is 12.1. The van der Waals surface area contributed by atoms with Gasteiger partial charge in [-0.15, -0.1) is 0 Å². The van der Waals surface area contributed by atoms with Gasteiger partial charge in [-0.25, -0.2) is 58.7 Å².